The Morgan fingerprint density at radius 3 is 1.46 bits per heavy atom. The average molecular weight is 361 g/mol. The van der Waals surface area contributed by atoms with Crippen LogP contribution in [0.15, 0.2) is 47.5 Å². The fraction of sp³-hybridized carbons (Fsp3) is 0.150. The van der Waals surface area contributed by atoms with E-state index in [1.165, 1.54) is 12.1 Å². The normalized spacial score (nSPS) is 18.7. The van der Waals surface area contributed by atoms with Crippen LogP contribution in [-0.4, -0.2) is 30.8 Å². The molecule has 0 N–H and O–H groups in total. The molecule has 2 nitrogen and oxygen atoms in total. The number of hydrogen-bond acceptors (Lipinski definition) is 2. The zero-order chi connectivity index (χ0) is 18.8. The van der Waals surface area contributed by atoms with Gasteiger partial charge in [0.25, 0.3) is 0 Å². The van der Waals surface area contributed by atoms with Crippen molar-refractivity contribution in [3.63, 3.8) is 0 Å². The van der Waals surface area contributed by atoms with E-state index in [0.29, 0.717) is 0 Å². The third-order valence-corrected chi connectivity index (χ3v) is 4.10. The summed E-state index contributed by atoms with van der Waals surface area (Å²) in [5.41, 5.74) is -0.346. The molecular weight excluding hydrogens is 346 g/mol. The van der Waals surface area contributed by atoms with Crippen molar-refractivity contribution < 1.29 is 22.4 Å². The first-order valence-corrected chi connectivity index (χ1v) is 7.89. The van der Waals surface area contributed by atoms with Gasteiger partial charge in [-0.25, -0.2) is 17.6 Å². The van der Waals surface area contributed by atoms with Crippen molar-refractivity contribution in [1.29, 1.82) is 0 Å². The average Bonchev–Trinajstić information content (AvgIpc) is 2.58. The van der Waals surface area contributed by atoms with Gasteiger partial charge in [-0.15, -0.1) is 0 Å². The first-order chi connectivity index (χ1) is 12.4. The Hall–Kier alpha value is -2.73. The number of nitrogens with zero attached hydrogens (tertiary/aromatic N) is 1. The van der Waals surface area contributed by atoms with Crippen molar-refractivity contribution in [3.05, 3.63) is 81.9 Å². The van der Waals surface area contributed by atoms with E-state index in [-0.39, 0.29) is 35.4 Å². The molecule has 0 aromatic heterocycles. The Kier molecular flexibility index (Phi) is 5.04. The maximum absolute atomic E-state index is 13.9. The third kappa shape index (κ3) is 3.60. The first kappa shape index (κ1) is 18.1. The molecule has 3 rings (SSSR count). The number of benzene rings is 2. The van der Waals surface area contributed by atoms with Crippen molar-refractivity contribution in [2.75, 3.05) is 20.1 Å². The van der Waals surface area contributed by atoms with E-state index >= 15 is 0 Å². The summed E-state index contributed by atoms with van der Waals surface area (Å²) < 4.78 is 55.4. The first-order valence-electron chi connectivity index (χ1n) is 7.89. The molecule has 0 spiro atoms. The lowest BCUT2D eigenvalue weighted by atomic mass is 9.94. The molecule has 134 valence electrons. The Bertz CT molecular complexity index is 819. The summed E-state index contributed by atoms with van der Waals surface area (Å²) in [5, 5.41) is 0. The molecule has 0 atom stereocenters. The van der Waals surface area contributed by atoms with E-state index in [0.717, 1.165) is 36.4 Å². The quantitative estimate of drug-likeness (QED) is 0.590. The molecule has 0 bridgehead atoms. The molecule has 1 aliphatic rings. The predicted octanol–water partition coefficient (Wildman–Crippen LogP) is 4.22. The Morgan fingerprint density at radius 2 is 1.12 bits per heavy atom. The number of ketones is 1. The number of carbonyl (C=O) groups is 1. The zero-order valence-corrected chi connectivity index (χ0v) is 13.9. The Morgan fingerprint density at radius 1 is 0.769 bits per heavy atom. The highest BCUT2D eigenvalue weighted by Crippen LogP contribution is 2.24. The van der Waals surface area contributed by atoms with Crippen LogP contribution < -0.4 is 0 Å². The highest BCUT2D eigenvalue weighted by Gasteiger charge is 2.25. The number of halogens is 4. The number of carbonyl (C=O) groups excluding carboxylic acids is 1. The van der Waals surface area contributed by atoms with Gasteiger partial charge in [0, 0.05) is 35.4 Å². The standard InChI is InChI=1S/C20H15F4NO/c1-25-10-12(8-14-16(21)4-2-5-17(14)22)20(26)13(11-25)9-15-18(23)6-3-7-19(15)24/h2-9H,10-11H2,1H3. The highest BCUT2D eigenvalue weighted by atomic mass is 19.1. The second-order valence-electron chi connectivity index (χ2n) is 6.11. The fourth-order valence-corrected chi connectivity index (χ4v) is 2.86. The van der Waals surface area contributed by atoms with Crippen LogP contribution in [0, 0.1) is 23.3 Å². The van der Waals surface area contributed by atoms with Gasteiger partial charge in [-0.1, -0.05) is 12.1 Å². The SMILES string of the molecule is CN1CC(=Cc2c(F)cccc2F)C(=O)C(=Cc2c(F)cccc2F)C1. The van der Waals surface area contributed by atoms with Crippen LogP contribution >= 0.6 is 0 Å². The molecule has 6 heteroatoms. The molecule has 0 amide bonds. The summed E-state index contributed by atoms with van der Waals surface area (Å²) in [6.07, 6.45) is 2.29. The van der Waals surface area contributed by atoms with Crippen LogP contribution in [0.3, 0.4) is 0 Å². The van der Waals surface area contributed by atoms with Crippen LogP contribution in [0.5, 0.6) is 0 Å². The van der Waals surface area contributed by atoms with Gasteiger partial charge in [0.05, 0.1) is 0 Å². The van der Waals surface area contributed by atoms with E-state index in [1.54, 1.807) is 11.9 Å². The van der Waals surface area contributed by atoms with E-state index in [1.807, 2.05) is 0 Å². The van der Waals surface area contributed by atoms with E-state index < -0.39 is 29.1 Å². The molecule has 1 aliphatic heterocycles. The molecule has 0 aliphatic carbocycles. The second-order valence-corrected chi connectivity index (χ2v) is 6.11. The van der Waals surface area contributed by atoms with Gasteiger partial charge in [-0.05, 0) is 43.5 Å². The predicted molar refractivity (Wildman–Crippen MR) is 91.2 cm³/mol. The largest absolute Gasteiger partial charge is 0.298 e. The number of hydrogen-bond donors (Lipinski definition) is 0. The monoisotopic (exact) mass is 361 g/mol. The molecule has 2 aromatic carbocycles. The molecule has 1 saturated heterocycles. The van der Waals surface area contributed by atoms with Crippen LogP contribution in [-0.2, 0) is 4.79 Å². The molecule has 0 saturated carbocycles. The molecule has 1 heterocycles. The second kappa shape index (κ2) is 7.25. The van der Waals surface area contributed by atoms with Crippen molar-refractivity contribution in [3.8, 4) is 0 Å². The lowest BCUT2D eigenvalue weighted by Crippen LogP contribution is -2.34. The molecule has 0 radical (unpaired) electrons. The van der Waals surface area contributed by atoms with E-state index in [9.17, 15) is 22.4 Å². The van der Waals surface area contributed by atoms with E-state index in [4.69, 9.17) is 0 Å². The topological polar surface area (TPSA) is 20.3 Å². The van der Waals surface area contributed by atoms with Gasteiger partial charge in [0.2, 0.25) is 0 Å². The maximum Gasteiger partial charge on any atom is 0.187 e. The molecule has 2 aromatic rings. The summed E-state index contributed by atoms with van der Waals surface area (Å²) in [7, 11) is 1.70. The van der Waals surface area contributed by atoms with Gasteiger partial charge in [0.15, 0.2) is 5.78 Å². The van der Waals surface area contributed by atoms with Crippen molar-refractivity contribution in [2.45, 2.75) is 0 Å². The van der Waals surface area contributed by atoms with Crippen LogP contribution in [0.1, 0.15) is 11.1 Å². The minimum absolute atomic E-state index is 0.144. The third-order valence-electron chi connectivity index (χ3n) is 4.10. The van der Waals surface area contributed by atoms with Gasteiger partial charge < -0.3 is 0 Å². The maximum atomic E-state index is 13.9. The van der Waals surface area contributed by atoms with Gasteiger partial charge >= 0.3 is 0 Å². The zero-order valence-electron chi connectivity index (χ0n) is 13.9. The number of piperidine rings is 1. The Balaban J connectivity index is 2.04. The number of Topliss-reactive ketones (excluding diaryl/α,β-unsaturated/α-hetero) is 1. The molecular formula is C20H15F4NO. The van der Waals surface area contributed by atoms with Crippen molar-refractivity contribution in [1.82, 2.24) is 4.90 Å². The summed E-state index contributed by atoms with van der Waals surface area (Å²) in [6.45, 7) is 0.341. The van der Waals surface area contributed by atoms with Crippen LogP contribution in [0.25, 0.3) is 12.2 Å². The minimum Gasteiger partial charge on any atom is -0.298 e. The van der Waals surface area contributed by atoms with Gasteiger partial charge in [0.1, 0.15) is 23.3 Å². The minimum atomic E-state index is -0.788. The van der Waals surface area contributed by atoms with Gasteiger partial charge in [-0.3, -0.25) is 9.69 Å². The molecule has 1 fully saturated rings. The number of likely N-dealkylation sites (N-methyl/N-ethyl adjacent to an activating group) is 1. The van der Waals surface area contributed by atoms with Crippen molar-refractivity contribution in [2.24, 2.45) is 0 Å². The lowest BCUT2D eigenvalue weighted by Gasteiger charge is -2.26. The van der Waals surface area contributed by atoms with Crippen LogP contribution in [0.2, 0.25) is 0 Å². The fourth-order valence-electron chi connectivity index (χ4n) is 2.86. The Labute approximate surface area is 148 Å². The smallest absolute Gasteiger partial charge is 0.187 e. The highest BCUT2D eigenvalue weighted by molar-refractivity contribution is 6.14. The van der Waals surface area contributed by atoms with Crippen LogP contribution in [0.4, 0.5) is 17.6 Å². The molecule has 26 heavy (non-hydrogen) atoms. The van der Waals surface area contributed by atoms with E-state index in [2.05, 4.69) is 0 Å². The summed E-state index contributed by atoms with van der Waals surface area (Å²) in [5.74, 6) is -3.64. The summed E-state index contributed by atoms with van der Waals surface area (Å²) in [4.78, 5) is 14.4. The van der Waals surface area contributed by atoms with Gasteiger partial charge in [-0.2, -0.15) is 0 Å². The summed E-state index contributed by atoms with van der Waals surface area (Å²) >= 11 is 0. The number of rotatable bonds is 2. The summed E-state index contributed by atoms with van der Waals surface area (Å²) in [6, 6.07) is 6.84. The number of likely N-dealkylation sites (tertiary alicyclic amines) is 1. The lowest BCUT2D eigenvalue weighted by molar-refractivity contribution is -0.113. The molecule has 0 unspecified atom stereocenters. The van der Waals surface area contributed by atoms with Crippen molar-refractivity contribution >= 4 is 17.9 Å².